The van der Waals surface area contributed by atoms with Crippen molar-refractivity contribution in [1.29, 1.82) is 0 Å². The molecule has 0 aromatic carbocycles. The van der Waals surface area contributed by atoms with Gasteiger partial charge in [0.25, 0.3) is 0 Å². The minimum atomic E-state index is 1.18. The Labute approximate surface area is 66.9 Å². The number of rotatable bonds is 2. The number of hydrogen-bond donors (Lipinski definition) is 0. The second kappa shape index (κ2) is 3.20. The van der Waals surface area contributed by atoms with Gasteiger partial charge in [0.1, 0.15) is 0 Å². The zero-order valence-electron chi connectivity index (χ0n) is 6.90. The van der Waals surface area contributed by atoms with Crippen LogP contribution in [0.4, 0.5) is 0 Å². The molecule has 1 heteroatoms. The highest BCUT2D eigenvalue weighted by atomic mass is 32.1. The molecule has 0 amide bonds. The first kappa shape index (κ1) is 7.80. The first-order chi connectivity index (χ1) is 4.79. The van der Waals surface area contributed by atoms with Gasteiger partial charge in [0.05, 0.1) is 0 Å². The van der Waals surface area contributed by atoms with Gasteiger partial charge in [-0.2, -0.15) is 0 Å². The highest BCUT2D eigenvalue weighted by Crippen LogP contribution is 2.22. The molecule has 0 unspecified atom stereocenters. The zero-order valence-corrected chi connectivity index (χ0v) is 7.72. The van der Waals surface area contributed by atoms with Gasteiger partial charge in [0.15, 0.2) is 0 Å². The van der Waals surface area contributed by atoms with Crippen LogP contribution in [0.5, 0.6) is 0 Å². The van der Waals surface area contributed by atoms with Crippen LogP contribution in [0, 0.1) is 6.92 Å². The lowest BCUT2D eigenvalue weighted by atomic mass is 10.1. The van der Waals surface area contributed by atoms with Crippen molar-refractivity contribution in [3.8, 4) is 0 Å². The Balaban J connectivity index is 2.97. The minimum absolute atomic E-state index is 1.18. The summed E-state index contributed by atoms with van der Waals surface area (Å²) in [6.45, 7) is 6.67. The van der Waals surface area contributed by atoms with E-state index >= 15 is 0 Å². The summed E-state index contributed by atoms with van der Waals surface area (Å²) in [5.74, 6) is 0. The lowest BCUT2D eigenvalue weighted by molar-refractivity contribution is 1.09. The van der Waals surface area contributed by atoms with Crippen LogP contribution in [-0.4, -0.2) is 0 Å². The predicted octanol–water partition coefficient (Wildman–Crippen LogP) is 3.18. The first-order valence-electron chi connectivity index (χ1n) is 3.85. The van der Waals surface area contributed by atoms with Gasteiger partial charge in [-0.1, -0.05) is 13.8 Å². The van der Waals surface area contributed by atoms with Crippen LogP contribution in [0.1, 0.15) is 29.9 Å². The molecule has 1 aromatic heterocycles. The van der Waals surface area contributed by atoms with Crippen molar-refractivity contribution in [3.05, 3.63) is 21.4 Å². The summed E-state index contributed by atoms with van der Waals surface area (Å²) in [6.07, 6.45) is 2.37. The number of thiophene rings is 1. The smallest absolute Gasteiger partial charge is 0.00745 e. The van der Waals surface area contributed by atoms with Crippen molar-refractivity contribution in [2.24, 2.45) is 0 Å². The van der Waals surface area contributed by atoms with Gasteiger partial charge < -0.3 is 0 Å². The predicted molar refractivity (Wildman–Crippen MR) is 47.8 cm³/mol. The van der Waals surface area contributed by atoms with E-state index in [0.717, 1.165) is 0 Å². The molecule has 56 valence electrons. The van der Waals surface area contributed by atoms with E-state index in [9.17, 15) is 0 Å². The quantitative estimate of drug-likeness (QED) is 0.613. The molecular weight excluding hydrogens is 140 g/mol. The Morgan fingerprint density at radius 3 is 2.30 bits per heavy atom. The fraction of sp³-hybridized carbons (Fsp3) is 0.556. The molecule has 1 rings (SSSR count). The third-order valence-electron chi connectivity index (χ3n) is 1.95. The summed E-state index contributed by atoms with van der Waals surface area (Å²) in [7, 11) is 0. The largest absolute Gasteiger partial charge is 0.148 e. The van der Waals surface area contributed by atoms with E-state index in [1.807, 2.05) is 11.3 Å². The van der Waals surface area contributed by atoms with Crippen molar-refractivity contribution in [1.82, 2.24) is 0 Å². The Hall–Kier alpha value is -0.300. The van der Waals surface area contributed by atoms with Crippen molar-refractivity contribution in [2.45, 2.75) is 33.6 Å². The molecule has 0 saturated carbocycles. The molecule has 1 heterocycles. The fourth-order valence-electron chi connectivity index (χ4n) is 1.20. The van der Waals surface area contributed by atoms with Gasteiger partial charge in [0.2, 0.25) is 0 Å². The molecule has 0 aliphatic rings. The number of aryl methyl sites for hydroxylation is 2. The summed E-state index contributed by atoms with van der Waals surface area (Å²) < 4.78 is 0. The van der Waals surface area contributed by atoms with E-state index in [-0.39, 0.29) is 0 Å². The normalized spacial score (nSPS) is 10.3. The molecule has 0 N–H and O–H groups in total. The SMILES string of the molecule is CCc1csc(CC)c1C. The van der Waals surface area contributed by atoms with Gasteiger partial charge in [-0.05, 0) is 36.3 Å². The lowest BCUT2D eigenvalue weighted by Gasteiger charge is -1.94. The molecule has 0 bridgehead atoms. The average molecular weight is 154 g/mol. The Morgan fingerprint density at radius 1 is 1.30 bits per heavy atom. The molecule has 10 heavy (non-hydrogen) atoms. The van der Waals surface area contributed by atoms with Gasteiger partial charge >= 0.3 is 0 Å². The maximum atomic E-state index is 2.29. The Morgan fingerprint density at radius 2 is 2.00 bits per heavy atom. The van der Waals surface area contributed by atoms with Crippen LogP contribution in [0.3, 0.4) is 0 Å². The maximum Gasteiger partial charge on any atom is 0.00745 e. The standard InChI is InChI=1S/C9H14S/c1-4-8-6-10-9(5-2)7(8)3/h6H,4-5H2,1-3H3. The molecule has 0 radical (unpaired) electrons. The summed E-state index contributed by atoms with van der Waals surface area (Å²) in [5.41, 5.74) is 3.05. The molecule has 0 atom stereocenters. The van der Waals surface area contributed by atoms with Crippen molar-refractivity contribution < 1.29 is 0 Å². The van der Waals surface area contributed by atoms with Crippen LogP contribution >= 0.6 is 11.3 Å². The summed E-state index contributed by atoms with van der Waals surface area (Å²) in [4.78, 5) is 1.55. The fourth-order valence-corrected chi connectivity index (χ4v) is 2.30. The third kappa shape index (κ3) is 1.24. The van der Waals surface area contributed by atoms with Gasteiger partial charge in [0, 0.05) is 4.88 Å². The van der Waals surface area contributed by atoms with Crippen LogP contribution in [-0.2, 0) is 12.8 Å². The lowest BCUT2D eigenvalue weighted by Crippen LogP contribution is -1.82. The molecule has 0 spiro atoms. The van der Waals surface area contributed by atoms with Crippen molar-refractivity contribution in [3.63, 3.8) is 0 Å². The zero-order chi connectivity index (χ0) is 7.56. The molecule has 0 fully saturated rings. The van der Waals surface area contributed by atoms with Crippen molar-refractivity contribution >= 4 is 11.3 Å². The van der Waals surface area contributed by atoms with E-state index in [2.05, 4.69) is 26.2 Å². The maximum absolute atomic E-state index is 2.29. The minimum Gasteiger partial charge on any atom is -0.148 e. The van der Waals surface area contributed by atoms with Crippen LogP contribution in [0.25, 0.3) is 0 Å². The highest BCUT2D eigenvalue weighted by molar-refractivity contribution is 7.10. The first-order valence-corrected chi connectivity index (χ1v) is 4.73. The molecule has 0 aliphatic heterocycles. The van der Waals surface area contributed by atoms with E-state index in [1.54, 1.807) is 4.88 Å². The molecule has 0 nitrogen and oxygen atoms in total. The molecule has 0 saturated heterocycles. The molecule has 0 aliphatic carbocycles. The average Bonchev–Trinajstić information content (AvgIpc) is 2.30. The Kier molecular flexibility index (Phi) is 2.50. The van der Waals surface area contributed by atoms with Gasteiger partial charge in [-0.3, -0.25) is 0 Å². The summed E-state index contributed by atoms with van der Waals surface area (Å²) in [6, 6.07) is 0. The second-order valence-electron chi connectivity index (χ2n) is 2.52. The summed E-state index contributed by atoms with van der Waals surface area (Å²) >= 11 is 1.90. The highest BCUT2D eigenvalue weighted by Gasteiger charge is 2.02. The van der Waals surface area contributed by atoms with Crippen LogP contribution in [0.2, 0.25) is 0 Å². The van der Waals surface area contributed by atoms with E-state index in [1.165, 1.54) is 24.0 Å². The van der Waals surface area contributed by atoms with Crippen LogP contribution < -0.4 is 0 Å². The topological polar surface area (TPSA) is 0 Å². The number of hydrogen-bond acceptors (Lipinski definition) is 1. The van der Waals surface area contributed by atoms with E-state index in [4.69, 9.17) is 0 Å². The van der Waals surface area contributed by atoms with Gasteiger partial charge in [-0.25, -0.2) is 0 Å². The van der Waals surface area contributed by atoms with E-state index in [0.29, 0.717) is 0 Å². The van der Waals surface area contributed by atoms with Gasteiger partial charge in [-0.15, -0.1) is 11.3 Å². The van der Waals surface area contributed by atoms with Crippen LogP contribution in [0.15, 0.2) is 5.38 Å². The summed E-state index contributed by atoms with van der Waals surface area (Å²) in [5, 5.41) is 2.29. The molecule has 1 aromatic rings. The second-order valence-corrected chi connectivity index (χ2v) is 3.48. The monoisotopic (exact) mass is 154 g/mol. The Bertz CT molecular complexity index is 189. The third-order valence-corrected chi connectivity index (χ3v) is 3.23. The molecular formula is C9H14S. The van der Waals surface area contributed by atoms with E-state index < -0.39 is 0 Å². The van der Waals surface area contributed by atoms with Crippen molar-refractivity contribution in [2.75, 3.05) is 0 Å².